The maximum Gasteiger partial charge on any atom is 0.270 e. The van der Waals surface area contributed by atoms with Crippen molar-refractivity contribution < 1.29 is 9.59 Å². The maximum atomic E-state index is 12.9. The van der Waals surface area contributed by atoms with Crippen LogP contribution in [-0.4, -0.2) is 64.9 Å². The molecule has 0 aromatic carbocycles. The molecule has 1 N–H and O–H groups in total. The van der Waals surface area contributed by atoms with Gasteiger partial charge in [0.1, 0.15) is 5.69 Å². The summed E-state index contributed by atoms with van der Waals surface area (Å²) in [4.78, 5) is 34.2. The molecule has 6 nitrogen and oxygen atoms in total. The Bertz CT molecular complexity index is 897. The number of nitrogens with one attached hydrogen (secondary N) is 1. The second kappa shape index (κ2) is 6.56. The Hall–Kier alpha value is -1.99. The number of hydrogen-bond acceptors (Lipinski definition) is 5. The number of nitrogens with zero attached hydrogens (tertiary/aromatic N) is 3. The highest BCUT2D eigenvalue weighted by molar-refractivity contribution is 7.17. The first-order chi connectivity index (χ1) is 13.1. The molecule has 4 saturated heterocycles. The van der Waals surface area contributed by atoms with Crippen LogP contribution in [0.3, 0.4) is 0 Å². The van der Waals surface area contributed by atoms with Crippen LogP contribution in [0.1, 0.15) is 47.0 Å². The van der Waals surface area contributed by atoms with Crippen LogP contribution in [0.5, 0.6) is 0 Å². The number of fused-ring (bicyclic) bond motifs is 4. The van der Waals surface area contributed by atoms with E-state index in [9.17, 15) is 9.59 Å². The third-order valence-electron chi connectivity index (χ3n) is 6.54. The van der Waals surface area contributed by atoms with Crippen molar-refractivity contribution in [1.29, 1.82) is 0 Å². The number of likely N-dealkylation sites (tertiary alicyclic amines) is 1. The highest BCUT2D eigenvalue weighted by Crippen LogP contribution is 2.32. The first-order valence-electron chi connectivity index (χ1n) is 9.83. The van der Waals surface area contributed by atoms with Crippen molar-refractivity contribution in [3.63, 3.8) is 0 Å². The Kier molecular flexibility index (Phi) is 4.16. The minimum atomic E-state index is -0.129. The zero-order valence-electron chi connectivity index (χ0n) is 15.5. The highest BCUT2D eigenvalue weighted by Gasteiger charge is 2.40. The average molecular weight is 385 g/mol. The van der Waals surface area contributed by atoms with Crippen LogP contribution in [0.4, 0.5) is 0 Å². The van der Waals surface area contributed by atoms with Gasteiger partial charge in [0.05, 0.1) is 10.3 Å². The molecule has 0 saturated carbocycles. The van der Waals surface area contributed by atoms with Crippen LogP contribution in [0.15, 0.2) is 17.6 Å². The first kappa shape index (κ1) is 17.1. The Morgan fingerprint density at radius 2 is 2.00 bits per heavy atom. The number of aromatic nitrogens is 1. The molecule has 4 fully saturated rings. The highest BCUT2D eigenvalue weighted by atomic mass is 32.1. The summed E-state index contributed by atoms with van der Waals surface area (Å²) in [7, 11) is 0. The van der Waals surface area contributed by atoms with Crippen LogP contribution >= 0.6 is 11.3 Å². The predicted molar refractivity (Wildman–Crippen MR) is 105 cm³/mol. The summed E-state index contributed by atoms with van der Waals surface area (Å²) in [5.74, 6) is 0.495. The molecule has 0 aliphatic carbocycles. The summed E-state index contributed by atoms with van der Waals surface area (Å²) in [6.45, 7) is 6.13. The van der Waals surface area contributed by atoms with Gasteiger partial charge in [0.25, 0.3) is 11.8 Å². The fraction of sp³-hybridized carbons (Fsp3) is 0.550. The van der Waals surface area contributed by atoms with E-state index >= 15 is 0 Å². The molecule has 4 aliphatic heterocycles. The molecule has 2 amide bonds. The number of pyridine rings is 1. The van der Waals surface area contributed by atoms with Crippen molar-refractivity contribution in [2.24, 2.45) is 5.92 Å². The molecule has 7 heteroatoms. The van der Waals surface area contributed by atoms with Crippen molar-refractivity contribution in [1.82, 2.24) is 20.1 Å². The van der Waals surface area contributed by atoms with E-state index in [0.29, 0.717) is 23.2 Å². The smallest absolute Gasteiger partial charge is 0.270 e. The van der Waals surface area contributed by atoms with Gasteiger partial charge in [-0.25, -0.2) is 4.98 Å². The lowest BCUT2D eigenvalue weighted by atomic mass is 9.79. The lowest BCUT2D eigenvalue weighted by molar-refractivity contribution is 0.0216. The van der Waals surface area contributed by atoms with E-state index in [1.807, 2.05) is 10.3 Å². The Morgan fingerprint density at radius 1 is 1.22 bits per heavy atom. The molecule has 0 unspecified atom stereocenters. The van der Waals surface area contributed by atoms with Crippen molar-refractivity contribution in [2.75, 3.05) is 26.2 Å². The second-order valence-corrected chi connectivity index (χ2v) is 8.89. The third-order valence-corrected chi connectivity index (χ3v) is 7.48. The number of carbonyl (C=O) groups excluding carboxylic acids is 2. The molecule has 2 atom stereocenters. The van der Waals surface area contributed by atoms with E-state index in [-0.39, 0.29) is 17.9 Å². The minimum Gasteiger partial charge on any atom is -0.346 e. The summed E-state index contributed by atoms with van der Waals surface area (Å²) in [6.07, 6.45) is 5.10. The molecule has 142 valence electrons. The number of carbonyl (C=O) groups is 2. The van der Waals surface area contributed by atoms with Gasteiger partial charge in [-0.05, 0) is 51.3 Å². The van der Waals surface area contributed by atoms with E-state index < -0.39 is 0 Å². The largest absolute Gasteiger partial charge is 0.346 e. The van der Waals surface area contributed by atoms with Gasteiger partial charge < -0.3 is 10.2 Å². The van der Waals surface area contributed by atoms with Gasteiger partial charge >= 0.3 is 0 Å². The van der Waals surface area contributed by atoms with E-state index in [1.165, 1.54) is 11.3 Å². The van der Waals surface area contributed by atoms with E-state index in [2.05, 4.69) is 22.1 Å². The van der Waals surface area contributed by atoms with E-state index in [4.69, 9.17) is 0 Å². The molecule has 2 bridgehead atoms. The number of thiophene rings is 1. The average Bonchev–Trinajstić information content (AvgIpc) is 3.06. The fourth-order valence-corrected chi connectivity index (χ4v) is 5.57. The van der Waals surface area contributed by atoms with E-state index in [1.54, 1.807) is 12.3 Å². The molecule has 0 spiro atoms. The first-order valence-corrected chi connectivity index (χ1v) is 10.7. The molecule has 0 radical (unpaired) electrons. The third kappa shape index (κ3) is 2.84. The standard InChI is InChI=1S/C20H24N4O2S/c1-12-18(13-3-7-23(12)8-4-13)22-19(25)16-9-14-15(11-27-17(14)10-21-16)20(26)24-5-2-6-24/h9-13,18H,2-8H2,1H3,(H,22,25)/t12-,18-/m0/s1. The monoisotopic (exact) mass is 384 g/mol. The summed E-state index contributed by atoms with van der Waals surface area (Å²) in [6, 6.07) is 2.34. The molecular weight excluding hydrogens is 360 g/mol. The molecule has 4 aliphatic rings. The van der Waals surface area contributed by atoms with Crippen molar-refractivity contribution in [3.05, 3.63) is 28.9 Å². The number of hydrogen-bond donors (Lipinski definition) is 1. The summed E-state index contributed by atoms with van der Waals surface area (Å²) >= 11 is 1.51. The lowest BCUT2D eigenvalue weighted by Gasteiger charge is -2.49. The Morgan fingerprint density at radius 3 is 2.67 bits per heavy atom. The molecular formula is C20H24N4O2S. The van der Waals surface area contributed by atoms with Crippen LogP contribution in [-0.2, 0) is 0 Å². The molecule has 2 aromatic heterocycles. The van der Waals surface area contributed by atoms with Gasteiger partial charge in [-0.1, -0.05) is 0 Å². The fourth-order valence-electron chi connectivity index (χ4n) is 4.68. The molecule has 27 heavy (non-hydrogen) atoms. The van der Waals surface area contributed by atoms with Gasteiger partial charge in [-0.3, -0.25) is 14.5 Å². The number of amides is 2. The SMILES string of the molecule is C[C@H]1[C@H](NC(=O)c2cc3c(C(=O)N4CCC4)csc3cn2)C2CCN1CC2. The van der Waals surface area contributed by atoms with E-state index in [0.717, 1.165) is 55.5 Å². The number of piperidine rings is 3. The Labute approximate surface area is 162 Å². The minimum absolute atomic E-state index is 0.0658. The van der Waals surface area contributed by atoms with Crippen molar-refractivity contribution in [3.8, 4) is 0 Å². The zero-order valence-corrected chi connectivity index (χ0v) is 16.3. The van der Waals surface area contributed by atoms with Crippen molar-refractivity contribution in [2.45, 2.75) is 38.3 Å². The zero-order chi connectivity index (χ0) is 18.5. The lowest BCUT2D eigenvalue weighted by Crippen LogP contribution is -2.62. The number of rotatable bonds is 3. The maximum absolute atomic E-state index is 12.9. The van der Waals surface area contributed by atoms with Gasteiger partial charge in [0.2, 0.25) is 0 Å². The predicted octanol–water partition coefficient (Wildman–Crippen LogP) is 2.35. The second-order valence-electron chi connectivity index (χ2n) is 7.97. The summed E-state index contributed by atoms with van der Waals surface area (Å²) in [5, 5.41) is 5.97. The normalized spacial score (nSPS) is 29.6. The molecule has 6 rings (SSSR count). The van der Waals surface area contributed by atoms with Gasteiger partial charge in [0.15, 0.2) is 0 Å². The Balaban J connectivity index is 1.39. The van der Waals surface area contributed by atoms with Gasteiger partial charge in [-0.2, -0.15) is 0 Å². The van der Waals surface area contributed by atoms with Crippen LogP contribution in [0.2, 0.25) is 0 Å². The van der Waals surface area contributed by atoms with Gasteiger partial charge in [-0.15, -0.1) is 11.3 Å². The summed E-state index contributed by atoms with van der Waals surface area (Å²) in [5.41, 5.74) is 1.10. The molecule has 6 heterocycles. The van der Waals surface area contributed by atoms with Crippen LogP contribution in [0, 0.1) is 5.92 Å². The quantitative estimate of drug-likeness (QED) is 0.882. The topological polar surface area (TPSA) is 65.5 Å². The van der Waals surface area contributed by atoms with Crippen LogP contribution in [0.25, 0.3) is 10.1 Å². The van der Waals surface area contributed by atoms with Gasteiger partial charge in [0, 0.05) is 42.1 Å². The van der Waals surface area contributed by atoms with Crippen molar-refractivity contribution >= 4 is 33.2 Å². The molecule has 2 aromatic rings. The summed E-state index contributed by atoms with van der Waals surface area (Å²) < 4.78 is 0.951. The van der Waals surface area contributed by atoms with Crippen LogP contribution < -0.4 is 5.32 Å².